The molecule has 0 unspecified atom stereocenters. The van der Waals surface area contributed by atoms with Crippen LogP contribution in [0.1, 0.15) is 31.7 Å². The number of imide groups is 1. The van der Waals surface area contributed by atoms with Gasteiger partial charge >= 0.3 is 6.03 Å². The molecule has 7 nitrogen and oxygen atoms in total. The average Bonchev–Trinajstić information content (AvgIpc) is 2.99. The number of carbonyl (C=O) groups excluding carboxylic acids is 2. The first-order chi connectivity index (χ1) is 14.6. The van der Waals surface area contributed by atoms with Crippen LogP contribution in [0, 0.1) is 0 Å². The zero-order chi connectivity index (χ0) is 21.5. The molecule has 7 heteroatoms. The number of ether oxygens (including phenoxy) is 2. The minimum absolute atomic E-state index is 0.199. The third-order valence-electron chi connectivity index (χ3n) is 5.17. The summed E-state index contributed by atoms with van der Waals surface area (Å²) in [5, 5.41) is 0. The lowest BCUT2D eigenvalue weighted by Gasteiger charge is -2.22. The second kappa shape index (κ2) is 10.1. The number of hydrogen-bond donors (Lipinski definition) is 1. The molecule has 3 amide bonds. The summed E-state index contributed by atoms with van der Waals surface area (Å²) in [5.74, 6) is 1.25. The fraction of sp³-hybridized carbons (Fsp3) is 0.391. The monoisotopic (exact) mass is 411 g/mol. The lowest BCUT2D eigenvalue weighted by molar-refractivity contribution is -0.120. The molecule has 0 bridgehead atoms. The predicted molar refractivity (Wildman–Crippen MR) is 116 cm³/mol. The van der Waals surface area contributed by atoms with Crippen molar-refractivity contribution in [2.45, 2.75) is 38.8 Å². The van der Waals surface area contributed by atoms with Crippen LogP contribution in [-0.2, 0) is 11.3 Å². The van der Waals surface area contributed by atoms with Crippen molar-refractivity contribution in [2.75, 3.05) is 25.2 Å². The molecule has 0 saturated carbocycles. The Hall–Kier alpha value is -3.06. The highest BCUT2D eigenvalue weighted by molar-refractivity contribution is 6.21. The first kappa shape index (κ1) is 21.6. The molecule has 1 aliphatic heterocycles. The van der Waals surface area contributed by atoms with Crippen LogP contribution in [0.3, 0.4) is 0 Å². The van der Waals surface area contributed by atoms with E-state index in [9.17, 15) is 9.59 Å². The van der Waals surface area contributed by atoms with Gasteiger partial charge in [-0.05, 0) is 74.7 Å². The zero-order valence-corrected chi connectivity index (χ0v) is 17.5. The number of amides is 3. The van der Waals surface area contributed by atoms with Gasteiger partial charge in [-0.25, -0.2) is 9.69 Å². The van der Waals surface area contributed by atoms with Gasteiger partial charge in [0.15, 0.2) is 0 Å². The lowest BCUT2D eigenvalue weighted by atomic mass is 10.1. The first-order valence-corrected chi connectivity index (χ1v) is 10.3. The molecule has 3 rings (SSSR count). The van der Waals surface area contributed by atoms with Crippen LogP contribution in [0.15, 0.2) is 48.5 Å². The van der Waals surface area contributed by atoms with Gasteiger partial charge in [0, 0.05) is 6.54 Å². The molecule has 1 atom stereocenters. The lowest BCUT2D eigenvalue weighted by Crippen LogP contribution is -2.34. The smallest absolute Gasteiger partial charge is 0.332 e. The second-order valence-corrected chi connectivity index (χ2v) is 7.16. The second-order valence-electron chi connectivity index (χ2n) is 7.16. The van der Waals surface area contributed by atoms with Crippen molar-refractivity contribution < 1.29 is 19.1 Å². The van der Waals surface area contributed by atoms with Gasteiger partial charge in [0.05, 0.1) is 19.4 Å². The summed E-state index contributed by atoms with van der Waals surface area (Å²) in [6.07, 6.45) is 2.19. The minimum Gasteiger partial charge on any atom is -0.497 e. The predicted octanol–water partition coefficient (Wildman–Crippen LogP) is 3.56. The van der Waals surface area contributed by atoms with Gasteiger partial charge in [0.25, 0.3) is 5.91 Å². The fourth-order valence-electron chi connectivity index (χ4n) is 3.60. The quantitative estimate of drug-likeness (QED) is 0.477. The molecule has 1 aliphatic rings. The van der Waals surface area contributed by atoms with E-state index in [4.69, 9.17) is 15.2 Å². The molecular weight excluding hydrogens is 382 g/mol. The number of urea groups is 1. The Bertz CT molecular complexity index is 852. The van der Waals surface area contributed by atoms with Gasteiger partial charge in [-0.3, -0.25) is 4.79 Å². The summed E-state index contributed by atoms with van der Waals surface area (Å²) in [5.41, 5.74) is 7.11. The van der Waals surface area contributed by atoms with Crippen LogP contribution in [0.4, 0.5) is 10.5 Å². The van der Waals surface area contributed by atoms with Gasteiger partial charge in [-0.1, -0.05) is 12.1 Å². The molecule has 0 aliphatic carbocycles. The molecule has 160 valence electrons. The van der Waals surface area contributed by atoms with Crippen molar-refractivity contribution in [1.82, 2.24) is 4.90 Å². The average molecular weight is 412 g/mol. The van der Waals surface area contributed by atoms with Crippen LogP contribution < -0.4 is 20.1 Å². The summed E-state index contributed by atoms with van der Waals surface area (Å²) < 4.78 is 10.7. The van der Waals surface area contributed by atoms with E-state index >= 15 is 0 Å². The highest BCUT2D eigenvalue weighted by Crippen LogP contribution is 2.30. The summed E-state index contributed by atoms with van der Waals surface area (Å²) in [4.78, 5) is 29.4. The van der Waals surface area contributed by atoms with Crippen molar-refractivity contribution in [3.8, 4) is 11.5 Å². The van der Waals surface area contributed by atoms with E-state index in [2.05, 4.69) is 0 Å². The van der Waals surface area contributed by atoms with Crippen molar-refractivity contribution in [3.63, 3.8) is 0 Å². The molecular formula is C23H29N3O4. The normalized spacial score (nSPS) is 16.3. The van der Waals surface area contributed by atoms with Gasteiger partial charge in [0.2, 0.25) is 0 Å². The molecule has 0 radical (unpaired) electrons. The summed E-state index contributed by atoms with van der Waals surface area (Å²) in [6.45, 7) is 3.38. The summed E-state index contributed by atoms with van der Waals surface area (Å²) in [7, 11) is 1.61. The van der Waals surface area contributed by atoms with Crippen LogP contribution in [0.5, 0.6) is 11.5 Å². The Labute approximate surface area is 177 Å². The highest BCUT2D eigenvalue weighted by atomic mass is 16.5. The molecule has 1 fully saturated rings. The maximum absolute atomic E-state index is 13.2. The van der Waals surface area contributed by atoms with E-state index in [1.54, 1.807) is 36.3 Å². The standard InChI is InChI=1S/C23H29N3O4/c1-3-30-20-13-9-18(10-14-20)26-22(27)21(6-4-5-15-24)25(23(26)28)16-17-7-11-19(29-2)12-8-17/h7-14,21H,3-6,15-16,24H2,1-2H3/t21-/m0/s1. The number of nitrogens with zero attached hydrogens (tertiary/aromatic N) is 2. The van der Waals surface area contributed by atoms with E-state index in [1.807, 2.05) is 31.2 Å². The van der Waals surface area contributed by atoms with Gasteiger partial charge in [-0.2, -0.15) is 0 Å². The molecule has 2 aromatic rings. The number of hydrogen-bond acceptors (Lipinski definition) is 5. The summed E-state index contributed by atoms with van der Waals surface area (Å²) in [6, 6.07) is 13.7. The topological polar surface area (TPSA) is 85.1 Å². The Morgan fingerprint density at radius 2 is 1.63 bits per heavy atom. The van der Waals surface area contributed by atoms with Crippen molar-refractivity contribution in [2.24, 2.45) is 5.73 Å². The number of carbonyl (C=O) groups is 2. The van der Waals surface area contributed by atoms with E-state index in [-0.39, 0.29) is 11.9 Å². The van der Waals surface area contributed by atoms with Crippen molar-refractivity contribution >= 4 is 17.6 Å². The fourth-order valence-corrected chi connectivity index (χ4v) is 3.60. The van der Waals surface area contributed by atoms with Gasteiger partial charge in [-0.15, -0.1) is 0 Å². The number of nitrogens with two attached hydrogens (primary N) is 1. The van der Waals surface area contributed by atoms with E-state index in [0.29, 0.717) is 37.6 Å². The van der Waals surface area contributed by atoms with Crippen molar-refractivity contribution in [3.05, 3.63) is 54.1 Å². The van der Waals surface area contributed by atoms with Crippen molar-refractivity contribution in [1.29, 1.82) is 0 Å². The molecule has 30 heavy (non-hydrogen) atoms. The number of unbranched alkanes of at least 4 members (excludes halogenated alkanes) is 1. The molecule has 0 aromatic heterocycles. The Morgan fingerprint density at radius 3 is 2.23 bits per heavy atom. The third kappa shape index (κ3) is 4.74. The molecule has 2 aromatic carbocycles. The van der Waals surface area contributed by atoms with Crippen LogP contribution >= 0.6 is 0 Å². The number of anilines is 1. The maximum Gasteiger partial charge on any atom is 0.332 e. The Morgan fingerprint density at radius 1 is 0.967 bits per heavy atom. The van der Waals surface area contributed by atoms with Crippen LogP contribution in [-0.4, -0.2) is 43.1 Å². The van der Waals surface area contributed by atoms with E-state index < -0.39 is 6.04 Å². The Balaban J connectivity index is 1.84. The largest absolute Gasteiger partial charge is 0.497 e. The minimum atomic E-state index is -0.502. The SMILES string of the molecule is CCOc1ccc(N2C(=O)[C@H](CCCCN)N(Cc3ccc(OC)cc3)C2=O)cc1. The summed E-state index contributed by atoms with van der Waals surface area (Å²) >= 11 is 0. The number of methoxy groups -OCH3 is 1. The first-order valence-electron chi connectivity index (χ1n) is 10.3. The van der Waals surface area contributed by atoms with Gasteiger partial charge < -0.3 is 20.1 Å². The zero-order valence-electron chi connectivity index (χ0n) is 17.5. The highest BCUT2D eigenvalue weighted by Gasteiger charge is 2.45. The third-order valence-corrected chi connectivity index (χ3v) is 5.17. The Kier molecular flexibility index (Phi) is 7.30. The van der Waals surface area contributed by atoms with E-state index in [0.717, 1.165) is 24.2 Å². The molecule has 1 saturated heterocycles. The molecule has 1 heterocycles. The maximum atomic E-state index is 13.2. The van der Waals surface area contributed by atoms with E-state index in [1.165, 1.54) is 4.90 Å². The molecule has 2 N–H and O–H groups in total. The van der Waals surface area contributed by atoms with Gasteiger partial charge in [0.1, 0.15) is 17.5 Å². The number of benzene rings is 2. The molecule has 0 spiro atoms. The van der Waals surface area contributed by atoms with Crippen LogP contribution in [0.2, 0.25) is 0 Å². The number of rotatable bonds is 10. The van der Waals surface area contributed by atoms with Crippen LogP contribution in [0.25, 0.3) is 0 Å².